The minimum atomic E-state index is -0.365. The number of hydrogen-bond donors (Lipinski definition) is 3. The maximum absolute atomic E-state index is 12.3. The standard InChI is InChI=1S/C19H26N6O4/c1-13(26)21-15-8-7-14(12-16(15)29-2)22-18(27)20-9-5-11-25-19(28)24-10-4-3-6-17(24)23-25/h7-8,12H,3-6,9-11H2,1-2H3,(H,21,26)(H2,20,22,27). The van der Waals surface area contributed by atoms with Crippen LogP contribution in [0.3, 0.4) is 0 Å². The van der Waals surface area contributed by atoms with Crippen LogP contribution in [0.5, 0.6) is 5.75 Å². The molecule has 156 valence electrons. The van der Waals surface area contributed by atoms with Crippen molar-refractivity contribution in [3.05, 3.63) is 34.5 Å². The van der Waals surface area contributed by atoms with Crippen molar-refractivity contribution in [1.82, 2.24) is 19.7 Å². The second-order valence-electron chi connectivity index (χ2n) is 6.86. The number of rotatable bonds is 7. The number of ether oxygens (including phenoxy) is 1. The molecule has 1 aliphatic heterocycles. The Hall–Kier alpha value is -3.30. The van der Waals surface area contributed by atoms with Gasteiger partial charge in [0.15, 0.2) is 0 Å². The van der Waals surface area contributed by atoms with E-state index in [-0.39, 0.29) is 17.6 Å². The second-order valence-corrected chi connectivity index (χ2v) is 6.86. The molecule has 1 aliphatic rings. The van der Waals surface area contributed by atoms with Crippen molar-refractivity contribution in [2.24, 2.45) is 0 Å². The summed E-state index contributed by atoms with van der Waals surface area (Å²) in [4.78, 5) is 35.6. The first kappa shape index (κ1) is 20.4. The highest BCUT2D eigenvalue weighted by molar-refractivity contribution is 5.93. The number of hydrogen-bond acceptors (Lipinski definition) is 5. The molecular formula is C19H26N6O4. The quantitative estimate of drug-likeness (QED) is 0.607. The number of nitrogens with one attached hydrogen (secondary N) is 3. The van der Waals surface area contributed by atoms with E-state index in [1.54, 1.807) is 22.8 Å². The Bertz CT molecular complexity index is 949. The van der Waals surface area contributed by atoms with Crippen molar-refractivity contribution in [1.29, 1.82) is 0 Å². The summed E-state index contributed by atoms with van der Waals surface area (Å²) in [5.74, 6) is 1.09. The highest BCUT2D eigenvalue weighted by atomic mass is 16.5. The Morgan fingerprint density at radius 3 is 2.79 bits per heavy atom. The van der Waals surface area contributed by atoms with Crippen molar-refractivity contribution >= 4 is 23.3 Å². The summed E-state index contributed by atoms with van der Waals surface area (Å²) in [5.41, 5.74) is 0.987. The van der Waals surface area contributed by atoms with Crippen LogP contribution in [0.25, 0.3) is 0 Å². The summed E-state index contributed by atoms with van der Waals surface area (Å²) >= 11 is 0. The molecule has 29 heavy (non-hydrogen) atoms. The van der Waals surface area contributed by atoms with Crippen molar-refractivity contribution < 1.29 is 14.3 Å². The molecule has 3 rings (SSSR count). The highest BCUT2D eigenvalue weighted by Crippen LogP contribution is 2.27. The van der Waals surface area contributed by atoms with Crippen LogP contribution in [0.4, 0.5) is 16.2 Å². The molecule has 0 radical (unpaired) electrons. The normalized spacial score (nSPS) is 12.8. The lowest BCUT2D eigenvalue weighted by atomic mass is 10.2. The van der Waals surface area contributed by atoms with Gasteiger partial charge in [0.05, 0.1) is 12.8 Å². The fourth-order valence-corrected chi connectivity index (χ4v) is 3.26. The second kappa shape index (κ2) is 9.26. The van der Waals surface area contributed by atoms with Crippen molar-refractivity contribution in [2.75, 3.05) is 24.3 Å². The lowest BCUT2D eigenvalue weighted by Gasteiger charge is -2.12. The maximum Gasteiger partial charge on any atom is 0.345 e. The van der Waals surface area contributed by atoms with Crippen LogP contribution >= 0.6 is 0 Å². The molecule has 1 aromatic heterocycles. The van der Waals surface area contributed by atoms with Gasteiger partial charge in [0, 0.05) is 44.7 Å². The monoisotopic (exact) mass is 402 g/mol. The first-order valence-corrected chi connectivity index (χ1v) is 9.65. The molecule has 0 spiro atoms. The lowest BCUT2D eigenvalue weighted by molar-refractivity contribution is -0.114. The van der Waals surface area contributed by atoms with Gasteiger partial charge in [0.1, 0.15) is 11.6 Å². The largest absolute Gasteiger partial charge is 0.494 e. The Morgan fingerprint density at radius 1 is 1.24 bits per heavy atom. The van der Waals surface area contributed by atoms with Gasteiger partial charge in [0.2, 0.25) is 5.91 Å². The number of aromatic nitrogens is 3. The van der Waals surface area contributed by atoms with Gasteiger partial charge in [-0.2, -0.15) is 5.10 Å². The smallest absolute Gasteiger partial charge is 0.345 e. The van der Waals surface area contributed by atoms with Crippen LogP contribution in [0.1, 0.15) is 32.0 Å². The average Bonchev–Trinajstić information content (AvgIpc) is 3.02. The van der Waals surface area contributed by atoms with E-state index in [0.717, 1.165) is 31.6 Å². The first-order chi connectivity index (χ1) is 14.0. The van der Waals surface area contributed by atoms with Gasteiger partial charge in [-0.1, -0.05) is 0 Å². The van der Waals surface area contributed by atoms with E-state index < -0.39 is 0 Å². The number of carbonyl (C=O) groups is 2. The topological polar surface area (TPSA) is 119 Å². The van der Waals surface area contributed by atoms with Gasteiger partial charge in [-0.05, 0) is 31.4 Å². The lowest BCUT2D eigenvalue weighted by Crippen LogP contribution is -2.31. The molecule has 0 saturated heterocycles. The maximum atomic E-state index is 12.3. The van der Waals surface area contributed by atoms with Gasteiger partial charge in [0.25, 0.3) is 0 Å². The number of fused-ring (bicyclic) bond motifs is 1. The van der Waals surface area contributed by atoms with Crippen molar-refractivity contribution in [3.63, 3.8) is 0 Å². The van der Waals surface area contributed by atoms with E-state index in [2.05, 4.69) is 21.0 Å². The highest BCUT2D eigenvalue weighted by Gasteiger charge is 2.16. The van der Waals surface area contributed by atoms with Crippen LogP contribution in [0.15, 0.2) is 23.0 Å². The summed E-state index contributed by atoms with van der Waals surface area (Å²) in [6.07, 6.45) is 3.51. The van der Waals surface area contributed by atoms with Gasteiger partial charge in [-0.25, -0.2) is 14.3 Å². The third-order valence-corrected chi connectivity index (χ3v) is 4.63. The summed E-state index contributed by atoms with van der Waals surface area (Å²) in [7, 11) is 1.49. The number of nitrogens with zero attached hydrogens (tertiary/aromatic N) is 3. The van der Waals surface area contributed by atoms with Crippen LogP contribution in [-0.4, -0.2) is 39.9 Å². The molecule has 2 aromatic rings. The Balaban J connectivity index is 1.47. The molecular weight excluding hydrogens is 376 g/mol. The molecule has 0 unspecified atom stereocenters. The minimum Gasteiger partial charge on any atom is -0.494 e. The number of carbonyl (C=O) groups excluding carboxylic acids is 2. The van der Waals surface area contributed by atoms with E-state index in [4.69, 9.17) is 4.74 Å². The predicted octanol–water partition coefficient (Wildman–Crippen LogP) is 1.56. The van der Waals surface area contributed by atoms with Crippen molar-refractivity contribution in [2.45, 2.75) is 45.7 Å². The van der Waals surface area contributed by atoms with Gasteiger partial charge in [-0.15, -0.1) is 0 Å². The molecule has 3 N–H and O–H groups in total. The Morgan fingerprint density at radius 2 is 2.07 bits per heavy atom. The number of methoxy groups -OCH3 is 1. The SMILES string of the molecule is COc1cc(NC(=O)NCCCn2nc3n(c2=O)CCCC3)ccc1NC(C)=O. The molecule has 0 fully saturated rings. The Labute approximate surface area is 168 Å². The number of urea groups is 1. The third kappa shape index (κ3) is 5.15. The molecule has 0 atom stereocenters. The first-order valence-electron chi connectivity index (χ1n) is 9.65. The molecule has 0 bridgehead atoms. The molecule has 3 amide bonds. The van der Waals surface area contributed by atoms with Crippen molar-refractivity contribution in [3.8, 4) is 5.75 Å². The molecule has 10 heteroatoms. The molecule has 0 saturated carbocycles. The number of benzene rings is 1. The average molecular weight is 402 g/mol. The van der Waals surface area contributed by atoms with E-state index in [9.17, 15) is 14.4 Å². The fraction of sp³-hybridized carbons (Fsp3) is 0.474. The third-order valence-electron chi connectivity index (χ3n) is 4.63. The van der Waals surface area contributed by atoms with E-state index in [1.807, 2.05) is 0 Å². The summed E-state index contributed by atoms with van der Waals surface area (Å²) in [5, 5.41) is 12.5. The van der Waals surface area contributed by atoms with Crippen LogP contribution in [0, 0.1) is 0 Å². The zero-order valence-corrected chi connectivity index (χ0v) is 16.7. The summed E-state index contributed by atoms with van der Waals surface area (Å²) < 4.78 is 8.45. The van der Waals surface area contributed by atoms with Crippen LogP contribution < -0.4 is 26.4 Å². The zero-order chi connectivity index (χ0) is 20.8. The Kier molecular flexibility index (Phi) is 6.53. The van der Waals surface area contributed by atoms with Gasteiger partial charge >= 0.3 is 11.7 Å². The van der Waals surface area contributed by atoms with E-state index in [1.165, 1.54) is 18.7 Å². The summed E-state index contributed by atoms with van der Waals surface area (Å²) in [6.45, 7) is 3.00. The zero-order valence-electron chi connectivity index (χ0n) is 16.7. The molecule has 2 heterocycles. The molecule has 1 aromatic carbocycles. The predicted molar refractivity (Wildman–Crippen MR) is 108 cm³/mol. The fourth-order valence-electron chi connectivity index (χ4n) is 3.26. The number of anilines is 2. The minimum absolute atomic E-state index is 0.0736. The number of amides is 3. The van der Waals surface area contributed by atoms with E-state index >= 15 is 0 Å². The van der Waals surface area contributed by atoms with Gasteiger partial charge < -0.3 is 20.7 Å². The van der Waals surface area contributed by atoms with Crippen LogP contribution in [0.2, 0.25) is 0 Å². The summed E-state index contributed by atoms with van der Waals surface area (Å²) in [6, 6.07) is 4.58. The van der Waals surface area contributed by atoms with Gasteiger partial charge in [-0.3, -0.25) is 9.36 Å². The number of aryl methyl sites for hydroxylation is 2. The van der Waals surface area contributed by atoms with Crippen LogP contribution in [-0.2, 0) is 24.3 Å². The molecule has 10 nitrogen and oxygen atoms in total. The molecule has 0 aliphatic carbocycles. The van der Waals surface area contributed by atoms with E-state index in [0.29, 0.717) is 36.6 Å².